The minimum absolute atomic E-state index is 0.0582. The summed E-state index contributed by atoms with van der Waals surface area (Å²) in [6.45, 7) is 4.47. The highest BCUT2D eigenvalue weighted by molar-refractivity contribution is 6.01. The summed E-state index contributed by atoms with van der Waals surface area (Å²) in [6.07, 6.45) is 9.35. The van der Waals surface area contributed by atoms with Gasteiger partial charge in [0.15, 0.2) is 5.78 Å². The first kappa shape index (κ1) is 17.2. The Kier molecular flexibility index (Phi) is 3.69. The van der Waals surface area contributed by atoms with E-state index in [0.717, 1.165) is 24.8 Å². The topological polar surface area (TPSA) is 63.6 Å². The summed E-state index contributed by atoms with van der Waals surface area (Å²) in [5, 5.41) is 11.5. The third-order valence-corrected chi connectivity index (χ3v) is 7.83. The lowest BCUT2D eigenvalue weighted by Crippen LogP contribution is -2.58. The fourth-order valence-electron chi connectivity index (χ4n) is 6.61. The standard InChI is InChI=1S/C21H28O4/c1-19-8-6-13(22)10-17(19)21(24,12-25-3)11-14-15-4-5-18(23)20(15,2)9-7-16(14)19/h6,8,10,14-16,24H,4-5,7,9,11-12H2,1-3H3/t14-,15-,16-,19+,20-,21?/m0/s1. The number of allylic oxidation sites excluding steroid dienone is 3. The highest BCUT2D eigenvalue weighted by Crippen LogP contribution is 2.65. The van der Waals surface area contributed by atoms with Crippen molar-refractivity contribution in [1.82, 2.24) is 0 Å². The zero-order valence-corrected chi connectivity index (χ0v) is 15.4. The molecule has 0 spiro atoms. The third-order valence-electron chi connectivity index (χ3n) is 7.83. The molecule has 0 amide bonds. The highest BCUT2D eigenvalue weighted by Gasteiger charge is 2.63. The van der Waals surface area contributed by atoms with Gasteiger partial charge in [-0.25, -0.2) is 0 Å². The molecule has 3 fully saturated rings. The van der Waals surface area contributed by atoms with Crippen molar-refractivity contribution in [1.29, 1.82) is 0 Å². The molecule has 1 unspecified atom stereocenters. The minimum Gasteiger partial charge on any atom is -0.383 e. The molecule has 4 aliphatic carbocycles. The van der Waals surface area contributed by atoms with E-state index in [4.69, 9.17) is 4.74 Å². The summed E-state index contributed by atoms with van der Waals surface area (Å²) in [5.41, 5.74) is -0.893. The van der Waals surface area contributed by atoms with Crippen molar-refractivity contribution >= 4 is 11.6 Å². The molecule has 3 saturated carbocycles. The molecular formula is C21H28O4. The molecule has 0 heterocycles. The van der Waals surface area contributed by atoms with Crippen molar-refractivity contribution in [3.63, 3.8) is 0 Å². The number of rotatable bonds is 2. The maximum Gasteiger partial charge on any atom is 0.178 e. The fourth-order valence-corrected chi connectivity index (χ4v) is 6.61. The number of carbonyl (C=O) groups excluding carboxylic acids is 2. The Labute approximate surface area is 149 Å². The molecule has 4 nitrogen and oxygen atoms in total. The van der Waals surface area contributed by atoms with Crippen LogP contribution in [0.3, 0.4) is 0 Å². The van der Waals surface area contributed by atoms with Crippen LogP contribution in [0.1, 0.15) is 46.0 Å². The van der Waals surface area contributed by atoms with Crippen LogP contribution in [-0.2, 0) is 14.3 Å². The quantitative estimate of drug-likeness (QED) is 0.837. The Morgan fingerprint density at radius 3 is 2.72 bits per heavy atom. The molecule has 0 saturated heterocycles. The number of aliphatic hydroxyl groups is 1. The van der Waals surface area contributed by atoms with Gasteiger partial charge >= 0.3 is 0 Å². The van der Waals surface area contributed by atoms with Gasteiger partial charge in [0.05, 0.1) is 6.61 Å². The summed E-state index contributed by atoms with van der Waals surface area (Å²) >= 11 is 0. The second kappa shape index (κ2) is 5.37. The van der Waals surface area contributed by atoms with E-state index in [-0.39, 0.29) is 29.1 Å². The zero-order chi connectivity index (χ0) is 18.0. The number of methoxy groups -OCH3 is 1. The van der Waals surface area contributed by atoms with Crippen LogP contribution in [0, 0.1) is 28.6 Å². The first-order valence-corrected chi connectivity index (χ1v) is 9.45. The lowest BCUT2D eigenvalue weighted by Gasteiger charge is -2.59. The van der Waals surface area contributed by atoms with Gasteiger partial charge in [0.2, 0.25) is 0 Å². The van der Waals surface area contributed by atoms with Crippen molar-refractivity contribution in [2.24, 2.45) is 28.6 Å². The summed E-state index contributed by atoms with van der Waals surface area (Å²) in [5.74, 6) is 1.31. The Bertz CT molecular complexity index is 692. The molecule has 4 aliphatic rings. The van der Waals surface area contributed by atoms with E-state index >= 15 is 0 Å². The van der Waals surface area contributed by atoms with E-state index in [2.05, 4.69) is 13.8 Å². The van der Waals surface area contributed by atoms with Crippen molar-refractivity contribution < 1.29 is 19.4 Å². The summed E-state index contributed by atoms with van der Waals surface area (Å²) < 4.78 is 5.36. The molecule has 0 bridgehead atoms. The van der Waals surface area contributed by atoms with E-state index in [1.54, 1.807) is 19.3 Å². The van der Waals surface area contributed by atoms with E-state index in [0.29, 0.717) is 30.5 Å². The normalized spacial score (nSPS) is 48.6. The van der Waals surface area contributed by atoms with Gasteiger partial charge in [0, 0.05) is 24.4 Å². The molecule has 0 aromatic rings. The third kappa shape index (κ3) is 2.20. The lowest BCUT2D eigenvalue weighted by molar-refractivity contribution is -0.139. The van der Waals surface area contributed by atoms with Gasteiger partial charge in [-0.05, 0) is 61.2 Å². The molecule has 6 atom stereocenters. The van der Waals surface area contributed by atoms with E-state index in [9.17, 15) is 14.7 Å². The van der Waals surface area contributed by atoms with Crippen LogP contribution in [0.4, 0.5) is 0 Å². The molecule has 0 aliphatic heterocycles. The largest absolute Gasteiger partial charge is 0.383 e. The predicted molar refractivity (Wildman–Crippen MR) is 93.8 cm³/mol. The van der Waals surface area contributed by atoms with Crippen LogP contribution in [0.15, 0.2) is 23.8 Å². The number of fused-ring (bicyclic) bond motifs is 5. The minimum atomic E-state index is -1.13. The number of hydrogen-bond acceptors (Lipinski definition) is 4. The molecular weight excluding hydrogens is 316 g/mol. The summed E-state index contributed by atoms with van der Waals surface area (Å²) in [7, 11) is 1.59. The zero-order valence-electron chi connectivity index (χ0n) is 15.4. The van der Waals surface area contributed by atoms with Gasteiger partial charge in [0.1, 0.15) is 11.4 Å². The van der Waals surface area contributed by atoms with Crippen molar-refractivity contribution in [2.75, 3.05) is 13.7 Å². The van der Waals surface area contributed by atoms with Crippen LogP contribution >= 0.6 is 0 Å². The predicted octanol–water partition coefficient (Wildman–Crippen LogP) is 2.85. The lowest BCUT2D eigenvalue weighted by atomic mass is 9.46. The molecule has 0 radical (unpaired) electrons. The number of carbonyl (C=O) groups is 2. The van der Waals surface area contributed by atoms with E-state index < -0.39 is 5.60 Å². The fraction of sp³-hybridized carbons (Fsp3) is 0.714. The SMILES string of the molecule is COCC1(O)C[C@@H]2[C@H](CC[C@]3(C)C(=O)CC[C@@H]23)[C@@]2(C)C=CC(=O)C=C12. The van der Waals surface area contributed by atoms with E-state index in [1.165, 1.54) is 0 Å². The van der Waals surface area contributed by atoms with E-state index in [1.807, 2.05) is 6.08 Å². The van der Waals surface area contributed by atoms with Gasteiger partial charge in [-0.2, -0.15) is 0 Å². The second-order valence-electron chi connectivity index (χ2n) is 9.04. The summed E-state index contributed by atoms with van der Waals surface area (Å²) in [6, 6.07) is 0. The molecule has 0 aromatic heterocycles. The Hall–Kier alpha value is -1.26. The van der Waals surface area contributed by atoms with Gasteiger partial charge < -0.3 is 9.84 Å². The number of Topliss-reactive ketones (excluding diaryl/α,β-unsaturated/α-hetero) is 1. The number of ketones is 2. The van der Waals surface area contributed by atoms with Gasteiger partial charge in [-0.1, -0.05) is 19.9 Å². The van der Waals surface area contributed by atoms with Crippen LogP contribution < -0.4 is 0 Å². The smallest absolute Gasteiger partial charge is 0.178 e. The average molecular weight is 344 g/mol. The molecule has 4 rings (SSSR count). The maximum absolute atomic E-state index is 12.5. The summed E-state index contributed by atoms with van der Waals surface area (Å²) in [4.78, 5) is 24.6. The average Bonchev–Trinajstić information content (AvgIpc) is 2.85. The van der Waals surface area contributed by atoms with Crippen molar-refractivity contribution in [2.45, 2.75) is 51.6 Å². The Morgan fingerprint density at radius 1 is 1.24 bits per heavy atom. The number of hydrogen-bond donors (Lipinski definition) is 1. The van der Waals surface area contributed by atoms with Crippen LogP contribution in [0.2, 0.25) is 0 Å². The monoisotopic (exact) mass is 344 g/mol. The van der Waals surface area contributed by atoms with Crippen molar-refractivity contribution in [3.8, 4) is 0 Å². The molecule has 25 heavy (non-hydrogen) atoms. The molecule has 136 valence electrons. The van der Waals surface area contributed by atoms with Crippen molar-refractivity contribution in [3.05, 3.63) is 23.8 Å². The van der Waals surface area contributed by atoms with Gasteiger partial charge in [0.25, 0.3) is 0 Å². The maximum atomic E-state index is 12.5. The second-order valence-corrected chi connectivity index (χ2v) is 9.04. The van der Waals surface area contributed by atoms with Crippen LogP contribution in [-0.4, -0.2) is 36.0 Å². The highest BCUT2D eigenvalue weighted by atomic mass is 16.5. The van der Waals surface area contributed by atoms with Gasteiger partial charge in [-0.3, -0.25) is 9.59 Å². The first-order chi connectivity index (χ1) is 11.7. The molecule has 4 heteroatoms. The Balaban J connectivity index is 1.81. The van der Waals surface area contributed by atoms with Crippen LogP contribution in [0.5, 0.6) is 0 Å². The van der Waals surface area contributed by atoms with Gasteiger partial charge in [-0.15, -0.1) is 0 Å². The van der Waals surface area contributed by atoms with Crippen LogP contribution in [0.25, 0.3) is 0 Å². The first-order valence-electron chi connectivity index (χ1n) is 9.45. The Morgan fingerprint density at radius 2 is 2.00 bits per heavy atom. The molecule has 1 N–H and O–H groups in total. The number of ether oxygens (including phenoxy) is 1. The molecule has 0 aromatic carbocycles.